The number of rotatable bonds is 10. The minimum atomic E-state index is -0.189. The molecular formula is C14H27NO2. The molecule has 0 amide bonds. The van der Waals surface area contributed by atoms with Crippen molar-refractivity contribution in [3.63, 3.8) is 0 Å². The van der Waals surface area contributed by atoms with Crippen molar-refractivity contribution in [2.24, 2.45) is 5.92 Å². The van der Waals surface area contributed by atoms with Crippen LogP contribution in [0, 0.1) is 5.92 Å². The Balaban J connectivity index is 1.85. The Hall–Kier alpha value is -0.380. The van der Waals surface area contributed by atoms with Gasteiger partial charge in [0.05, 0.1) is 19.3 Å². The second-order valence-corrected chi connectivity index (χ2v) is 4.93. The second-order valence-electron chi connectivity index (χ2n) is 4.93. The first-order chi connectivity index (χ1) is 8.33. The van der Waals surface area contributed by atoms with E-state index in [0.29, 0.717) is 13.2 Å². The number of aliphatic hydroxyl groups excluding tert-OH is 1. The molecule has 3 nitrogen and oxygen atoms in total. The zero-order chi connectivity index (χ0) is 12.3. The van der Waals surface area contributed by atoms with E-state index in [2.05, 4.69) is 11.9 Å². The predicted molar refractivity (Wildman–Crippen MR) is 71.1 cm³/mol. The van der Waals surface area contributed by atoms with Gasteiger partial charge in [-0.2, -0.15) is 0 Å². The molecule has 2 N–H and O–H groups in total. The average Bonchev–Trinajstić information content (AvgIpc) is 2.80. The zero-order valence-corrected chi connectivity index (χ0v) is 10.9. The number of aliphatic hydroxyl groups is 1. The third-order valence-corrected chi connectivity index (χ3v) is 3.35. The second kappa shape index (κ2) is 9.63. The van der Waals surface area contributed by atoms with E-state index in [0.717, 1.165) is 31.9 Å². The molecule has 0 saturated heterocycles. The molecule has 0 aromatic rings. The van der Waals surface area contributed by atoms with Gasteiger partial charge in [-0.15, -0.1) is 6.58 Å². The Labute approximate surface area is 105 Å². The summed E-state index contributed by atoms with van der Waals surface area (Å²) in [7, 11) is 0. The van der Waals surface area contributed by atoms with Gasteiger partial charge in [-0.1, -0.05) is 31.8 Å². The van der Waals surface area contributed by atoms with E-state index in [9.17, 15) is 5.11 Å². The number of hydrogen-bond donors (Lipinski definition) is 2. The van der Waals surface area contributed by atoms with Gasteiger partial charge in [0.15, 0.2) is 0 Å². The lowest BCUT2D eigenvalue weighted by Crippen LogP contribution is -2.30. The van der Waals surface area contributed by atoms with E-state index in [4.69, 9.17) is 4.74 Å². The van der Waals surface area contributed by atoms with Crippen LogP contribution in [0.1, 0.15) is 38.5 Å². The van der Waals surface area contributed by atoms with E-state index in [1.165, 1.54) is 25.7 Å². The predicted octanol–water partition coefficient (Wildman–Crippen LogP) is 2.11. The Kier molecular flexibility index (Phi) is 8.32. The van der Waals surface area contributed by atoms with Gasteiger partial charge in [0, 0.05) is 13.1 Å². The Bertz CT molecular complexity index is 191. The summed E-state index contributed by atoms with van der Waals surface area (Å²) in [4.78, 5) is 0. The molecule has 17 heavy (non-hydrogen) atoms. The molecule has 3 heteroatoms. The smallest absolute Gasteiger partial charge is 0.0667 e. The van der Waals surface area contributed by atoms with Crippen LogP contribution in [0.2, 0.25) is 0 Å². The third kappa shape index (κ3) is 7.53. The summed E-state index contributed by atoms with van der Waals surface area (Å²) in [6.07, 6.45) is 8.85. The van der Waals surface area contributed by atoms with Crippen LogP contribution < -0.4 is 5.32 Å². The zero-order valence-electron chi connectivity index (χ0n) is 10.9. The van der Waals surface area contributed by atoms with Crippen molar-refractivity contribution in [1.29, 1.82) is 0 Å². The fourth-order valence-corrected chi connectivity index (χ4v) is 2.40. The first kappa shape index (κ1) is 14.7. The number of ether oxygens (including phenoxy) is 1. The van der Waals surface area contributed by atoms with Crippen LogP contribution in [-0.4, -0.2) is 37.5 Å². The lowest BCUT2D eigenvalue weighted by atomic mass is 10.0. The molecule has 1 rings (SSSR count). The quantitative estimate of drug-likeness (QED) is 0.455. The topological polar surface area (TPSA) is 41.5 Å². The van der Waals surface area contributed by atoms with Gasteiger partial charge < -0.3 is 15.2 Å². The third-order valence-electron chi connectivity index (χ3n) is 3.35. The van der Waals surface area contributed by atoms with E-state index >= 15 is 0 Å². The van der Waals surface area contributed by atoms with Crippen LogP contribution in [0.15, 0.2) is 12.7 Å². The van der Waals surface area contributed by atoms with Gasteiger partial charge in [-0.25, -0.2) is 0 Å². The normalized spacial score (nSPS) is 18.4. The molecule has 1 fully saturated rings. The van der Waals surface area contributed by atoms with Crippen molar-refractivity contribution < 1.29 is 9.84 Å². The molecule has 0 aliphatic heterocycles. The van der Waals surface area contributed by atoms with Gasteiger partial charge in [-0.05, 0) is 18.8 Å². The summed E-state index contributed by atoms with van der Waals surface area (Å²) in [5.74, 6) is 0.760. The molecule has 0 heterocycles. The minimum Gasteiger partial charge on any atom is -0.392 e. The van der Waals surface area contributed by atoms with Crippen LogP contribution in [0.4, 0.5) is 0 Å². The summed E-state index contributed by atoms with van der Waals surface area (Å²) in [5.41, 5.74) is 0. The summed E-state index contributed by atoms with van der Waals surface area (Å²) in [6.45, 7) is 6.61. The highest BCUT2D eigenvalue weighted by atomic mass is 16.5. The van der Waals surface area contributed by atoms with E-state index in [1.54, 1.807) is 0 Å². The average molecular weight is 241 g/mol. The van der Waals surface area contributed by atoms with Gasteiger partial charge in [0.25, 0.3) is 0 Å². The Morgan fingerprint density at radius 2 is 2.12 bits per heavy atom. The molecule has 1 atom stereocenters. The van der Waals surface area contributed by atoms with Crippen LogP contribution in [0.5, 0.6) is 0 Å². The summed E-state index contributed by atoms with van der Waals surface area (Å²) < 4.78 is 5.37. The molecule has 0 aromatic heterocycles. The van der Waals surface area contributed by atoms with Crippen molar-refractivity contribution in [3.8, 4) is 0 Å². The molecule has 1 aliphatic rings. The highest BCUT2D eigenvalue weighted by Gasteiger charge is 2.18. The number of hydrogen-bond acceptors (Lipinski definition) is 3. The van der Waals surface area contributed by atoms with Gasteiger partial charge in [0.1, 0.15) is 0 Å². The van der Waals surface area contributed by atoms with Crippen LogP contribution >= 0.6 is 0 Å². The number of nitrogens with one attached hydrogen (secondary N) is 1. The maximum absolute atomic E-state index is 9.83. The van der Waals surface area contributed by atoms with E-state index in [1.807, 2.05) is 6.08 Å². The molecule has 0 aromatic carbocycles. The van der Waals surface area contributed by atoms with Crippen LogP contribution in [-0.2, 0) is 4.74 Å². The minimum absolute atomic E-state index is 0.189. The summed E-state index contributed by atoms with van der Waals surface area (Å²) in [5, 5.41) is 13.1. The molecular weight excluding hydrogens is 214 g/mol. The maximum Gasteiger partial charge on any atom is 0.0667 e. The molecule has 1 aliphatic carbocycles. The Morgan fingerprint density at radius 3 is 2.82 bits per heavy atom. The van der Waals surface area contributed by atoms with E-state index < -0.39 is 0 Å². The van der Waals surface area contributed by atoms with Gasteiger partial charge in [-0.3, -0.25) is 0 Å². The first-order valence-corrected chi connectivity index (χ1v) is 6.90. The lowest BCUT2D eigenvalue weighted by molar-refractivity contribution is 0.121. The fourth-order valence-electron chi connectivity index (χ4n) is 2.40. The highest BCUT2D eigenvalue weighted by Crippen LogP contribution is 2.28. The fraction of sp³-hybridized carbons (Fsp3) is 0.857. The molecule has 0 bridgehead atoms. The van der Waals surface area contributed by atoms with Gasteiger partial charge >= 0.3 is 0 Å². The monoisotopic (exact) mass is 241 g/mol. The van der Waals surface area contributed by atoms with Crippen molar-refractivity contribution in [3.05, 3.63) is 12.7 Å². The standard InChI is InChI=1S/C14H27NO2/c1-2-3-9-17-10-8-15-12-14(16)11-13-6-4-5-7-13/h2,13-16H,1,3-12H2. The van der Waals surface area contributed by atoms with Crippen molar-refractivity contribution in [2.45, 2.75) is 44.6 Å². The van der Waals surface area contributed by atoms with Crippen molar-refractivity contribution in [2.75, 3.05) is 26.3 Å². The Morgan fingerprint density at radius 1 is 1.35 bits per heavy atom. The molecule has 1 unspecified atom stereocenters. The molecule has 100 valence electrons. The van der Waals surface area contributed by atoms with Crippen molar-refractivity contribution >= 4 is 0 Å². The van der Waals surface area contributed by atoms with Gasteiger partial charge in [0.2, 0.25) is 0 Å². The van der Waals surface area contributed by atoms with Crippen LogP contribution in [0.25, 0.3) is 0 Å². The highest BCUT2D eigenvalue weighted by molar-refractivity contribution is 4.72. The molecule has 0 radical (unpaired) electrons. The van der Waals surface area contributed by atoms with E-state index in [-0.39, 0.29) is 6.10 Å². The largest absolute Gasteiger partial charge is 0.392 e. The van der Waals surface area contributed by atoms with Crippen LogP contribution in [0.3, 0.4) is 0 Å². The maximum atomic E-state index is 9.83. The SMILES string of the molecule is C=CCCOCCNCC(O)CC1CCCC1. The lowest BCUT2D eigenvalue weighted by Gasteiger charge is -2.15. The summed E-state index contributed by atoms with van der Waals surface area (Å²) in [6, 6.07) is 0. The summed E-state index contributed by atoms with van der Waals surface area (Å²) >= 11 is 0. The molecule has 1 saturated carbocycles. The molecule has 0 spiro atoms. The van der Waals surface area contributed by atoms with Crippen molar-refractivity contribution in [1.82, 2.24) is 5.32 Å². The first-order valence-electron chi connectivity index (χ1n) is 6.90.